The fourth-order valence-electron chi connectivity index (χ4n) is 3.21. The number of fused-ring (bicyclic) bond motifs is 1. The molecule has 27 heavy (non-hydrogen) atoms. The number of aromatic nitrogens is 3. The van der Waals surface area contributed by atoms with Gasteiger partial charge >= 0.3 is 0 Å². The SMILES string of the molecule is CN(CC(=O)NC(C)(C)C)c1nc(-c2cc(C#N)ccn2)nc2c1CCC2. The fraction of sp³-hybridized carbons (Fsp3) is 0.450. The van der Waals surface area contributed by atoms with Crippen molar-refractivity contribution in [3.05, 3.63) is 35.2 Å². The van der Waals surface area contributed by atoms with Gasteiger partial charge in [-0.2, -0.15) is 5.26 Å². The Labute approximate surface area is 159 Å². The summed E-state index contributed by atoms with van der Waals surface area (Å²) in [6, 6.07) is 5.46. The molecule has 0 spiro atoms. The Bertz CT molecular complexity index is 910. The van der Waals surface area contributed by atoms with Crippen LogP contribution in [-0.4, -0.2) is 40.0 Å². The highest BCUT2D eigenvalue weighted by Gasteiger charge is 2.24. The van der Waals surface area contributed by atoms with E-state index in [-0.39, 0.29) is 18.0 Å². The summed E-state index contributed by atoms with van der Waals surface area (Å²) in [5, 5.41) is 12.1. The first-order valence-corrected chi connectivity index (χ1v) is 9.05. The number of nitriles is 1. The molecular weight excluding hydrogens is 340 g/mol. The maximum Gasteiger partial charge on any atom is 0.239 e. The van der Waals surface area contributed by atoms with E-state index in [1.807, 2.05) is 32.7 Å². The Balaban J connectivity index is 1.94. The number of pyridine rings is 1. The largest absolute Gasteiger partial charge is 0.350 e. The van der Waals surface area contributed by atoms with E-state index >= 15 is 0 Å². The van der Waals surface area contributed by atoms with Crippen molar-refractivity contribution in [1.29, 1.82) is 5.26 Å². The van der Waals surface area contributed by atoms with Gasteiger partial charge in [-0.3, -0.25) is 9.78 Å². The van der Waals surface area contributed by atoms with Crippen molar-refractivity contribution in [2.24, 2.45) is 0 Å². The van der Waals surface area contributed by atoms with Crippen LogP contribution in [0.5, 0.6) is 0 Å². The predicted octanol–water partition coefficient (Wildman–Crippen LogP) is 2.25. The van der Waals surface area contributed by atoms with Gasteiger partial charge in [0.25, 0.3) is 0 Å². The second kappa shape index (κ2) is 7.31. The molecule has 1 N–H and O–H groups in total. The standard InChI is InChI=1S/C20H24N6O/c1-20(2,3)25-17(27)12-26(4)19-14-6-5-7-15(14)23-18(24-19)16-10-13(11-21)8-9-22-16/h8-10H,5-7,12H2,1-4H3,(H,25,27). The first kappa shape index (κ1) is 18.8. The maximum atomic E-state index is 12.3. The molecule has 0 atom stereocenters. The lowest BCUT2D eigenvalue weighted by Gasteiger charge is -2.25. The van der Waals surface area contributed by atoms with Gasteiger partial charge in [-0.1, -0.05) is 0 Å². The first-order chi connectivity index (χ1) is 12.8. The number of amides is 1. The number of anilines is 1. The van der Waals surface area contributed by atoms with Crippen molar-refractivity contribution in [2.45, 2.75) is 45.6 Å². The summed E-state index contributed by atoms with van der Waals surface area (Å²) < 4.78 is 0. The number of nitrogens with zero attached hydrogens (tertiary/aromatic N) is 5. The monoisotopic (exact) mass is 364 g/mol. The van der Waals surface area contributed by atoms with E-state index < -0.39 is 0 Å². The molecule has 2 aromatic rings. The average Bonchev–Trinajstić information content (AvgIpc) is 3.07. The van der Waals surface area contributed by atoms with Crippen LogP contribution in [0.3, 0.4) is 0 Å². The molecule has 0 aromatic carbocycles. The van der Waals surface area contributed by atoms with Crippen LogP contribution < -0.4 is 10.2 Å². The zero-order valence-corrected chi connectivity index (χ0v) is 16.2. The molecule has 0 saturated heterocycles. The summed E-state index contributed by atoms with van der Waals surface area (Å²) in [6.45, 7) is 6.09. The lowest BCUT2D eigenvalue weighted by Crippen LogP contribution is -2.45. The summed E-state index contributed by atoms with van der Waals surface area (Å²) in [4.78, 5) is 27.9. The van der Waals surface area contributed by atoms with E-state index in [4.69, 9.17) is 10.2 Å². The Morgan fingerprint density at radius 3 is 2.81 bits per heavy atom. The molecule has 1 amide bonds. The molecule has 0 bridgehead atoms. The van der Waals surface area contributed by atoms with Gasteiger partial charge in [0.05, 0.1) is 18.2 Å². The Hall–Kier alpha value is -3.01. The van der Waals surface area contributed by atoms with E-state index in [1.54, 1.807) is 18.3 Å². The summed E-state index contributed by atoms with van der Waals surface area (Å²) in [5.41, 5.74) is 2.91. The van der Waals surface area contributed by atoms with Crippen molar-refractivity contribution in [1.82, 2.24) is 20.3 Å². The molecule has 0 saturated carbocycles. The van der Waals surface area contributed by atoms with Crippen molar-refractivity contribution in [2.75, 3.05) is 18.5 Å². The van der Waals surface area contributed by atoms with E-state index in [2.05, 4.69) is 21.4 Å². The van der Waals surface area contributed by atoms with Crippen molar-refractivity contribution in [3.8, 4) is 17.6 Å². The second-order valence-corrected chi connectivity index (χ2v) is 7.85. The number of hydrogen-bond acceptors (Lipinski definition) is 6. The Morgan fingerprint density at radius 2 is 2.11 bits per heavy atom. The number of rotatable bonds is 4. The van der Waals surface area contributed by atoms with Crippen LogP contribution >= 0.6 is 0 Å². The summed E-state index contributed by atoms with van der Waals surface area (Å²) in [7, 11) is 1.87. The third-order valence-electron chi connectivity index (χ3n) is 4.29. The first-order valence-electron chi connectivity index (χ1n) is 9.05. The van der Waals surface area contributed by atoms with Gasteiger partial charge in [0.1, 0.15) is 11.5 Å². The number of likely N-dealkylation sites (N-methyl/N-ethyl adjacent to an activating group) is 1. The van der Waals surface area contributed by atoms with Gasteiger partial charge in [0.2, 0.25) is 5.91 Å². The number of nitrogens with one attached hydrogen (secondary N) is 1. The fourth-order valence-corrected chi connectivity index (χ4v) is 3.21. The van der Waals surface area contributed by atoms with Crippen molar-refractivity contribution >= 4 is 11.7 Å². The minimum atomic E-state index is -0.279. The third-order valence-corrected chi connectivity index (χ3v) is 4.29. The van der Waals surface area contributed by atoms with Crippen LogP contribution in [0.4, 0.5) is 5.82 Å². The normalized spacial score (nSPS) is 13.0. The Morgan fingerprint density at radius 1 is 1.33 bits per heavy atom. The summed E-state index contributed by atoms with van der Waals surface area (Å²) in [5.74, 6) is 1.20. The molecule has 0 radical (unpaired) electrons. The molecule has 7 nitrogen and oxygen atoms in total. The van der Waals surface area contributed by atoms with Crippen LogP contribution in [0, 0.1) is 11.3 Å². The van der Waals surface area contributed by atoms with Crippen LogP contribution in [0.15, 0.2) is 18.3 Å². The Kier molecular flexibility index (Phi) is 5.08. The predicted molar refractivity (Wildman–Crippen MR) is 103 cm³/mol. The molecular formula is C20H24N6O. The van der Waals surface area contributed by atoms with Gasteiger partial charge in [0.15, 0.2) is 5.82 Å². The molecule has 1 aliphatic carbocycles. The summed E-state index contributed by atoms with van der Waals surface area (Å²) in [6.07, 6.45) is 4.40. The van der Waals surface area contributed by atoms with E-state index in [0.717, 1.165) is 36.3 Å². The molecule has 0 fully saturated rings. The average molecular weight is 364 g/mol. The topological polar surface area (TPSA) is 94.8 Å². The number of aryl methyl sites for hydroxylation is 1. The highest BCUT2D eigenvalue weighted by Crippen LogP contribution is 2.30. The van der Waals surface area contributed by atoms with Crippen LogP contribution in [0.1, 0.15) is 44.0 Å². The lowest BCUT2D eigenvalue weighted by molar-refractivity contribution is -0.121. The molecule has 2 aromatic heterocycles. The van der Waals surface area contributed by atoms with Gasteiger partial charge in [-0.15, -0.1) is 0 Å². The van der Waals surface area contributed by atoms with Crippen molar-refractivity contribution in [3.63, 3.8) is 0 Å². The minimum absolute atomic E-state index is 0.0542. The quantitative estimate of drug-likeness (QED) is 0.894. The van der Waals surface area contributed by atoms with E-state index in [0.29, 0.717) is 17.1 Å². The number of carbonyl (C=O) groups excluding carboxylic acids is 1. The van der Waals surface area contributed by atoms with Crippen LogP contribution in [-0.2, 0) is 17.6 Å². The summed E-state index contributed by atoms with van der Waals surface area (Å²) >= 11 is 0. The highest BCUT2D eigenvalue weighted by atomic mass is 16.2. The number of hydrogen-bond donors (Lipinski definition) is 1. The van der Waals surface area contributed by atoms with E-state index in [9.17, 15) is 4.79 Å². The van der Waals surface area contributed by atoms with E-state index in [1.165, 1.54) is 0 Å². The third kappa shape index (κ3) is 4.40. The van der Waals surface area contributed by atoms with Gasteiger partial charge in [0, 0.05) is 30.0 Å². The maximum absolute atomic E-state index is 12.3. The lowest BCUT2D eigenvalue weighted by atomic mass is 10.1. The molecule has 3 rings (SSSR count). The molecule has 1 aliphatic rings. The second-order valence-electron chi connectivity index (χ2n) is 7.85. The van der Waals surface area contributed by atoms with Crippen LogP contribution in [0.2, 0.25) is 0 Å². The van der Waals surface area contributed by atoms with Gasteiger partial charge in [-0.25, -0.2) is 9.97 Å². The van der Waals surface area contributed by atoms with Crippen LogP contribution in [0.25, 0.3) is 11.5 Å². The molecule has 0 unspecified atom stereocenters. The van der Waals surface area contributed by atoms with Gasteiger partial charge in [-0.05, 0) is 52.2 Å². The smallest absolute Gasteiger partial charge is 0.239 e. The molecule has 0 aliphatic heterocycles. The zero-order chi connectivity index (χ0) is 19.6. The molecule has 2 heterocycles. The molecule has 140 valence electrons. The minimum Gasteiger partial charge on any atom is -0.350 e. The van der Waals surface area contributed by atoms with Crippen molar-refractivity contribution < 1.29 is 4.79 Å². The highest BCUT2D eigenvalue weighted by molar-refractivity contribution is 5.82. The zero-order valence-electron chi connectivity index (χ0n) is 16.2. The number of carbonyl (C=O) groups is 1. The van der Waals surface area contributed by atoms with Gasteiger partial charge < -0.3 is 10.2 Å². The molecule has 7 heteroatoms.